The van der Waals surface area contributed by atoms with Crippen LogP contribution < -0.4 is 5.32 Å². The van der Waals surface area contributed by atoms with Crippen LogP contribution in [-0.2, 0) is 5.41 Å². The highest BCUT2D eigenvalue weighted by Gasteiger charge is 2.32. The molecule has 1 aliphatic rings. The monoisotopic (exact) mass is 287 g/mol. The van der Waals surface area contributed by atoms with Crippen molar-refractivity contribution in [1.29, 1.82) is 0 Å². The minimum absolute atomic E-state index is 0.206. The van der Waals surface area contributed by atoms with Crippen LogP contribution in [0.15, 0.2) is 24.3 Å². The van der Waals surface area contributed by atoms with Crippen molar-refractivity contribution in [3.8, 4) is 0 Å². The smallest absolute Gasteiger partial charge is 0.0349 e. The van der Waals surface area contributed by atoms with Gasteiger partial charge in [0.25, 0.3) is 0 Å². The van der Waals surface area contributed by atoms with Crippen LogP contribution in [0, 0.1) is 17.8 Å². The lowest BCUT2D eigenvalue weighted by Gasteiger charge is -2.38. The molecule has 3 atom stereocenters. The molecule has 0 bridgehead atoms. The van der Waals surface area contributed by atoms with Crippen molar-refractivity contribution in [1.82, 2.24) is 5.32 Å². The minimum Gasteiger partial charge on any atom is -0.313 e. The Morgan fingerprint density at radius 3 is 2.10 bits per heavy atom. The van der Waals surface area contributed by atoms with E-state index in [4.69, 9.17) is 0 Å². The zero-order chi connectivity index (χ0) is 15.6. The van der Waals surface area contributed by atoms with Gasteiger partial charge in [0.15, 0.2) is 0 Å². The maximum Gasteiger partial charge on any atom is 0.0349 e. The van der Waals surface area contributed by atoms with Gasteiger partial charge in [0.1, 0.15) is 0 Å². The molecule has 1 heteroatoms. The fraction of sp³-hybridized carbons (Fsp3) is 0.700. The highest BCUT2D eigenvalue weighted by atomic mass is 14.9. The van der Waals surface area contributed by atoms with Gasteiger partial charge in [-0.15, -0.1) is 0 Å². The Labute approximate surface area is 131 Å². The number of hydrogen-bond acceptors (Lipinski definition) is 1. The Kier molecular flexibility index (Phi) is 5.14. The summed E-state index contributed by atoms with van der Waals surface area (Å²) < 4.78 is 0. The molecule has 0 heterocycles. The summed E-state index contributed by atoms with van der Waals surface area (Å²) in [6, 6.07) is 9.53. The van der Waals surface area contributed by atoms with Crippen LogP contribution in [0.3, 0.4) is 0 Å². The molecule has 0 aromatic heterocycles. The van der Waals surface area contributed by atoms with Gasteiger partial charge in [-0.25, -0.2) is 0 Å². The maximum atomic E-state index is 3.64. The second-order valence-corrected chi connectivity index (χ2v) is 8.28. The quantitative estimate of drug-likeness (QED) is 0.793. The van der Waals surface area contributed by atoms with E-state index in [1.807, 2.05) is 0 Å². The molecule has 1 fully saturated rings. The summed E-state index contributed by atoms with van der Waals surface area (Å²) in [5, 5.41) is 3.64. The lowest BCUT2D eigenvalue weighted by molar-refractivity contribution is 0.180. The Morgan fingerprint density at radius 2 is 1.57 bits per heavy atom. The van der Waals surface area contributed by atoms with Gasteiger partial charge in [-0.1, -0.05) is 58.9 Å². The van der Waals surface area contributed by atoms with E-state index in [9.17, 15) is 0 Å². The molecule has 0 radical (unpaired) electrons. The van der Waals surface area contributed by atoms with E-state index in [-0.39, 0.29) is 5.41 Å². The molecule has 1 aromatic carbocycles. The van der Waals surface area contributed by atoms with E-state index >= 15 is 0 Å². The van der Waals surface area contributed by atoms with Crippen LogP contribution in [0.1, 0.15) is 71.0 Å². The molecule has 21 heavy (non-hydrogen) atoms. The SMILES string of the molecule is CNC(c1ccccc1C(C)(C)C)C1CC(C)CC(C)C1. The standard InChI is InChI=1S/C20H33N/c1-14-11-15(2)13-16(12-14)19(21-6)17-9-7-8-10-18(17)20(3,4)5/h7-10,14-16,19,21H,11-13H2,1-6H3. The summed E-state index contributed by atoms with van der Waals surface area (Å²) in [5.41, 5.74) is 3.21. The molecule has 0 saturated heterocycles. The molecule has 1 N–H and O–H groups in total. The lowest BCUT2D eigenvalue weighted by atomic mass is 9.70. The first-order valence-electron chi connectivity index (χ1n) is 8.59. The zero-order valence-electron chi connectivity index (χ0n) is 14.7. The first kappa shape index (κ1) is 16.5. The molecular weight excluding hydrogens is 254 g/mol. The number of benzene rings is 1. The van der Waals surface area contributed by atoms with Crippen molar-refractivity contribution in [2.45, 2.75) is 65.3 Å². The van der Waals surface area contributed by atoms with Crippen molar-refractivity contribution < 1.29 is 0 Å². The second kappa shape index (κ2) is 6.52. The first-order valence-corrected chi connectivity index (χ1v) is 8.59. The molecule has 3 unspecified atom stereocenters. The molecule has 0 spiro atoms. The normalized spacial score (nSPS) is 28.4. The van der Waals surface area contributed by atoms with Crippen LogP contribution in [0.4, 0.5) is 0 Å². The first-order chi connectivity index (χ1) is 9.82. The molecule has 1 aliphatic carbocycles. The minimum atomic E-state index is 0.206. The van der Waals surface area contributed by atoms with Crippen molar-refractivity contribution in [2.75, 3.05) is 7.05 Å². The average molecular weight is 287 g/mol. The van der Waals surface area contributed by atoms with Gasteiger partial charge in [0.2, 0.25) is 0 Å². The van der Waals surface area contributed by atoms with Crippen molar-refractivity contribution >= 4 is 0 Å². The van der Waals surface area contributed by atoms with Gasteiger partial charge in [-0.3, -0.25) is 0 Å². The molecule has 0 aliphatic heterocycles. The van der Waals surface area contributed by atoms with Crippen molar-refractivity contribution in [3.63, 3.8) is 0 Å². The summed E-state index contributed by atoms with van der Waals surface area (Å²) in [4.78, 5) is 0. The van der Waals surface area contributed by atoms with Crippen molar-refractivity contribution in [3.05, 3.63) is 35.4 Å². The highest BCUT2D eigenvalue weighted by molar-refractivity contribution is 5.35. The molecular formula is C20H33N. The van der Waals surface area contributed by atoms with E-state index in [0.717, 1.165) is 17.8 Å². The van der Waals surface area contributed by atoms with Gasteiger partial charge in [0, 0.05) is 6.04 Å². The van der Waals surface area contributed by atoms with Gasteiger partial charge < -0.3 is 5.32 Å². The lowest BCUT2D eigenvalue weighted by Crippen LogP contribution is -2.33. The topological polar surface area (TPSA) is 12.0 Å². The number of rotatable bonds is 3. The predicted octanol–water partition coefficient (Wildman–Crippen LogP) is 5.32. The summed E-state index contributed by atoms with van der Waals surface area (Å²) in [6.07, 6.45) is 4.11. The third-order valence-electron chi connectivity index (χ3n) is 5.10. The third-order valence-corrected chi connectivity index (χ3v) is 5.10. The average Bonchev–Trinajstić information content (AvgIpc) is 2.38. The van der Waals surface area contributed by atoms with Gasteiger partial charge in [-0.2, -0.15) is 0 Å². The van der Waals surface area contributed by atoms with Crippen LogP contribution >= 0.6 is 0 Å². The summed E-state index contributed by atoms with van der Waals surface area (Å²) in [7, 11) is 2.13. The van der Waals surface area contributed by atoms with E-state index in [2.05, 4.69) is 71.2 Å². The predicted molar refractivity (Wildman–Crippen MR) is 92.6 cm³/mol. The summed E-state index contributed by atoms with van der Waals surface area (Å²) >= 11 is 0. The van der Waals surface area contributed by atoms with Crippen LogP contribution in [0.2, 0.25) is 0 Å². The second-order valence-electron chi connectivity index (χ2n) is 8.28. The van der Waals surface area contributed by atoms with Gasteiger partial charge >= 0.3 is 0 Å². The van der Waals surface area contributed by atoms with E-state index in [0.29, 0.717) is 6.04 Å². The Balaban J connectivity index is 2.34. The van der Waals surface area contributed by atoms with Crippen LogP contribution in [-0.4, -0.2) is 7.05 Å². The molecule has 2 rings (SSSR count). The molecule has 118 valence electrons. The van der Waals surface area contributed by atoms with Gasteiger partial charge in [-0.05, 0) is 60.6 Å². The van der Waals surface area contributed by atoms with Crippen LogP contribution in [0.25, 0.3) is 0 Å². The number of nitrogens with one attached hydrogen (secondary N) is 1. The molecule has 1 aromatic rings. The Morgan fingerprint density at radius 1 is 1.00 bits per heavy atom. The van der Waals surface area contributed by atoms with Crippen LogP contribution in [0.5, 0.6) is 0 Å². The fourth-order valence-electron chi connectivity index (χ4n) is 4.38. The molecule has 1 saturated carbocycles. The third kappa shape index (κ3) is 3.88. The molecule has 1 nitrogen and oxygen atoms in total. The van der Waals surface area contributed by atoms with Crippen molar-refractivity contribution in [2.24, 2.45) is 17.8 Å². The van der Waals surface area contributed by atoms with E-state index in [1.54, 1.807) is 0 Å². The summed E-state index contributed by atoms with van der Waals surface area (Å²) in [5.74, 6) is 2.48. The van der Waals surface area contributed by atoms with E-state index < -0.39 is 0 Å². The highest BCUT2D eigenvalue weighted by Crippen LogP contribution is 2.42. The number of hydrogen-bond donors (Lipinski definition) is 1. The Hall–Kier alpha value is -0.820. The Bertz CT molecular complexity index is 447. The zero-order valence-corrected chi connectivity index (χ0v) is 14.7. The summed E-state index contributed by atoms with van der Waals surface area (Å²) in [6.45, 7) is 11.8. The molecule has 0 amide bonds. The maximum absolute atomic E-state index is 3.64. The fourth-order valence-corrected chi connectivity index (χ4v) is 4.38. The largest absolute Gasteiger partial charge is 0.313 e. The van der Waals surface area contributed by atoms with E-state index in [1.165, 1.54) is 30.4 Å². The van der Waals surface area contributed by atoms with Gasteiger partial charge in [0.05, 0.1) is 0 Å².